The van der Waals surface area contributed by atoms with Crippen molar-refractivity contribution in [2.45, 2.75) is 59.2 Å². The first-order valence-electron chi connectivity index (χ1n) is 11.7. The number of hydrogen-bond donors (Lipinski definition) is 2. The van der Waals surface area contributed by atoms with Crippen LogP contribution in [-0.4, -0.2) is 59.0 Å². The fourth-order valence-electron chi connectivity index (χ4n) is 3.97. The normalized spacial score (nSPS) is 14.1. The zero-order valence-electron chi connectivity index (χ0n) is 20.6. The number of hydrogen-bond acceptors (Lipinski definition) is 5. The lowest BCUT2D eigenvalue weighted by Crippen LogP contribution is -2.58. The molecule has 0 bridgehead atoms. The van der Waals surface area contributed by atoms with Crippen molar-refractivity contribution in [2.24, 2.45) is 0 Å². The van der Waals surface area contributed by atoms with Crippen LogP contribution in [0.15, 0.2) is 42.6 Å². The molecule has 3 rings (SSSR count). The van der Waals surface area contributed by atoms with Gasteiger partial charge >= 0.3 is 12.1 Å². The molecule has 1 unspecified atom stereocenters. The fourth-order valence-corrected chi connectivity index (χ4v) is 3.97. The number of nitrogens with one attached hydrogen (secondary N) is 2. The van der Waals surface area contributed by atoms with Crippen molar-refractivity contribution < 1.29 is 19.1 Å². The first kappa shape index (κ1) is 25.1. The predicted molar refractivity (Wildman–Crippen MR) is 131 cm³/mol. The van der Waals surface area contributed by atoms with Crippen LogP contribution in [0.4, 0.5) is 15.4 Å². The second-order valence-electron chi connectivity index (χ2n) is 9.38. The summed E-state index contributed by atoms with van der Waals surface area (Å²) in [6.07, 6.45) is 2.14. The van der Waals surface area contributed by atoms with Crippen LogP contribution in [0.2, 0.25) is 0 Å². The van der Waals surface area contributed by atoms with Gasteiger partial charge in [-0.2, -0.15) is 0 Å². The molecule has 9 heteroatoms. The van der Waals surface area contributed by atoms with Gasteiger partial charge in [-0.05, 0) is 64.8 Å². The van der Waals surface area contributed by atoms with E-state index in [1.54, 1.807) is 10.8 Å². The van der Waals surface area contributed by atoms with Crippen LogP contribution in [0.25, 0.3) is 0 Å². The molecule has 9 nitrogen and oxygen atoms in total. The van der Waals surface area contributed by atoms with Crippen LogP contribution in [0, 0.1) is 6.92 Å². The highest BCUT2D eigenvalue weighted by atomic mass is 16.6. The summed E-state index contributed by atoms with van der Waals surface area (Å²) in [4.78, 5) is 41.7. The molecule has 0 saturated heterocycles. The molecule has 1 aliphatic heterocycles. The zero-order chi connectivity index (χ0) is 24.9. The number of carbonyl (C=O) groups is 3. The SMILES string of the molecule is CCC(N(CCCNC(=O)OC(C)(C)C)C(=O)c1ccc(C)cc1)N1CNC(=O)n2cccc21. The van der Waals surface area contributed by atoms with Gasteiger partial charge < -0.3 is 25.2 Å². The van der Waals surface area contributed by atoms with Gasteiger partial charge in [-0.3, -0.25) is 9.36 Å². The van der Waals surface area contributed by atoms with Gasteiger partial charge in [0.15, 0.2) is 0 Å². The standard InChI is InChI=1S/C25H35N5O4/c1-6-20(30-17-27-23(32)29-15-7-9-21(29)30)28(22(31)19-12-10-18(2)11-13-19)16-8-14-26-24(33)34-25(3,4)5/h7,9-13,15,20H,6,8,14,16-17H2,1-5H3,(H,26,33)(H,27,32). The van der Waals surface area contributed by atoms with Gasteiger partial charge in [0.2, 0.25) is 0 Å². The summed E-state index contributed by atoms with van der Waals surface area (Å²) in [5.74, 6) is 0.642. The molecule has 34 heavy (non-hydrogen) atoms. The molecule has 1 aromatic heterocycles. The average Bonchev–Trinajstić information content (AvgIpc) is 3.27. The molecule has 2 aromatic rings. The van der Waals surface area contributed by atoms with E-state index in [1.165, 1.54) is 0 Å². The number of anilines is 1. The number of aromatic nitrogens is 1. The predicted octanol–water partition coefficient (Wildman–Crippen LogP) is 3.93. The Labute approximate surface area is 201 Å². The molecule has 0 spiro atoms. The number of carbonyl (C=O) groups excluding carboxylic acids is 3. The summed E-state index contributed by atoms with van der Waals surface area (Å²) in [5, 5.41) is 5.63. The molecule has 184 valence electrons. The molecule has 2 N–H and O–H groups in total. The number of aryl methyl sites for hydroxylation is 1. The largest absolute Gasteiger partial charge is 0.444 e. The lowest BCUT2D eigenvalue weighted by molar-refractivity contribution is 0.0523. The molecule has 0 radical (unpaired) electrons. The van der Waals surface area contributed by atoms with Crippen LogP contribution in [0.3, 0.4) is 0 Å². The molecular weight excluding hydrogens is 434 g/mol. The van der Waals surface area contributed by atoms with Crippen molar-refractivity contribution in [3.05, 3.63) is 53.7 Å². The summed E-state index contributed by atoms with van der Waals surface area (Å²) in [5.41, 5.74) is 1.10. The molecule has 2 heterocycles. The van der Waals surface area contributed by atoms with Crippen LogP contribution in [0.1, 0.15) is 56.5 Å². The van der Waals surface area contributed by atoms with Crippen molar-refractivity contribution in [3.63, 3.8) is 0 Å². The maximum Gasteiger partial charge on any atom is 0.407 e. The number of alkyl carbamates (subject to hydrolysis) is 1. The fraction of sp³-hybridized carbons (Fsp3) is 0.480. The highest BCUT2D eigenvalue weighted by molar-refractivity contribution is 5.94. The minimum Gasteiger partial charge on any atom is -0.444 e. The van der Waals surface area contributed by atoms with E-state index in [2.05, 4.69) is 10.6 Å². The Balaban J connectivity index is 1.79. The van der Waals surface area contributed by atoms with E-state index in [1.807, 2.05) is 80.8 Å². The van der Waals surface area contributed by atoms with Gasteiger partial charge in [0.25, 0.3) is 5.91 Å². The minimum absolute atomic E-state index is 0.0980. The van der Waals surface area contributed by atoms with Gasteiger partial charge in [-0.25, -0.2) is 9.59 Å². The second kappa shape index (κ2) is 10.6. The summed E-state index contributed by atoms with van der Waals surface area (Å²) in [6, 6.07) is 11.0. The van der Waals surface area contributed by atoms with E-state index >= 15 is 0 Å². The molecule has 0 saturated carbocycles. The summed E-state index contributed by atoms with van der Waals surface area (Å²) < 4.78 is 6.84. The second-order valence-corrected chi connectivity index (χ2v) is 9.38. The first-order valence-corrected chi connectivity index (χ1v) is 11.7. The number of fused-ring (bicyclic) bond motifs is 1. The molecule has 1 atom stereocenters. The van der Waals surface area contributed by atoms with E-state index in [0.29, 0.717) is 38.2 Å². The Bertz CT molecular complexity index is 1010. The van der Waals surface area contributed by atoms with Crippen LogP contribution in [0.5, 0.6) is 0 Å². The van der Waals surface area contributed by atoms with Gasteiger partial charge in [0, 0.05) is 24.8 Å². The van der Waals surface area contributed by atoms with Crippen LogP contribution in [-0.2, 0) is 4.74 Å². The van der Waals surface area contributed by atoms with E-state index in [-0.39, 0.29) is 18.1 Å². The third-order valence-corrected chi connectivity index (χ3v) is 5.53. The van der Waals surface area contributed by atoms with E-state index in [0.717, 1.165) is 11.4 Å². The van der Waals surface area contributed by atoms with Gasteiger partial charge in [-0.1, -0.05) is 24.6 Å². The Morgan fingerprint density at radius 3 is 2.56 bits per heavy atom. The molecule has 0 aliphatic carbocycles. The van der Waals surface area contributed by atoms with Crippen molar-refractivity contribution >= 4 is 23.8 Å². The number of ether oxygens (including phenoxy) is 1. The average molecular weight is 470 g/mol. The summed E-state index contributed by atoms with van der Waals surface area (Å²) >= 11 is 0. The smallest absolute Gasteiger partial charge is 0.407 e. The van der Waals surface area contributed by atoms with Crippen molar-refractivity contribution in [2.75, 3.05) is 24.7 Å². The Kier molecular flexibility index (Phi) is 7.86. The lowest BCUT2D eigenvalue weighted by atomic mass is 10.1. The highest BCUT2D eigenvalue weighted by Crippen LogP contribution is 2.25. The molecule has 1 aromatic carbocycles. The van der Waals surface area contributed by atoms with E-state index in [9.17, 15) is 14.4 Å². The third-order valence-electron chi connectivity index (χ3n) is 5.53. The monoisotopic (exact) mass is 469 g/mol. The Hall–Kier alpha value is -3.49. The van der Waals surface area contributed by atoms with E-state index < -0.39 is 11.7 Å². The topological polar surface area (TPSA) is 95.9 Å². The molecular formula is C25H35N5O4. The van der Waals surface area contributed by atoms with E-state index in [4.69, 9.17) is 4.74 Å². The minimum atomic E-state index is -0.571. The Morgan fingerprint density at radius 1 is 1.21 bits per heavy atom. The maximum absolute atomic E-state index is 13.6. The lowest BCUT2D eigenvalue weighted by Gasteiger charge is -2.42. The van der Waals surface area contributed by atoms with Crippen molar-refractivity contribution in [3.8, 4) is 0 Å². The van der Waals surface area contributed by atoms with Gasteiger partial charge in [-0.15, -0.1) is 0 Å². The number of rotatable bonds is 8. The zero-order valence-corrected chi connectivity index (χ0v) is 20.6. The van der Waals surface area contributed by atoms with Crippen molar-refractivity contribution in [1.82, 2.24) is 20.1 Å². The first-order chi connectivity index (χ1) is 16.1. The van der Waals surface area contributed by atoms with Gasteiger partial charge in [0.1, 0.15) is 17.6 Å². The molecule has 3 amide bonds. The highest BCUT2D eigenvalue weighted by Gasteiger charge is 2.33. The summed E-state index contributed by atoms with van der Waals surface area (Å²) in [7, 11) is 0. The van der Waals surface area contributed by atoms with Crippen molar-refractivity contribution in [1.29, 1.82) is 0 Å². The number of amides is 3. The number of nitrogens with zero attached hydrogens (tertiary/aromatic N) is 3. The Morgan fingerprint density at radius 2 is 1.91 bits per heavy atom. The number of benzene rings is 1. The maximum atomic E-state index is 13.6. The van der Waals surface area contributed by atoms with Crippen LogP contribution >= 0.6 is 0 Å². The van der Waals surface area contributed by atoms with Crippen LogP contribution < -0.4 is 15.5 Å². The summed E-state index contributed by atoms with van der Waals surface area (Å²) in [6.45, 7) is 10.5. The molecule has 1 aliphatic rings. The quantitative estimate of drug-likeness (QED) is 0.571. The van der Waals surface area contributed by atoms with Gasteiger partial charge in [0.05, 0.1) is 6.67 Å². The third kappa shape index (κ3) is 6.09. The molecule has 0 fully saturated rings.